The lowest BCUT2D eigenvalue weighted by Crippen LogP contribution is -1.88. The van der Waals surface area contributed by atoms with E-state index in [1.54, 1.807) is 0 Å². The Balaban J connectivity index is 2.21. The summed E-state index contributed by atoms with van der Waals surface area (Å²) in [5.74, 6) is 0. The zero-order valence-corrected chi connectivity index (χ0v) is 10.0. The van der Waals surface area contributed by atoms with Gasteiger partial charge >= 0.3 is 0 Å². The SMILES string of the molecule is Cc1ccc(-c2cnc3cc(C)ccn23)cc1. The van der Waals surface area contributed by atoms with Crippen molar-refractivity contribution in [1.82, 2.24) is 9.38 Å². The predicted octanol–water partition coefficient (Wildman–Crippen LogP) is 3.62. The monoisotopic (exact) mass is 222 g/mol. The highest BCUT2D eigenvalue weighted by molar-refractivity contribution is 5.64. The van der Waals surface area contributed by atoms with Crippen LogP contribution in [0.4, 0.5) is 0 Å². The van der Waals surface area contributed by atoms with Crippen LogP contribution in [0.5, 0.6) is 0 Å². The Bertz CT molecular complexity index is 663. The van der Waals surface area contributed by atoms with Crippen molar-refractivity contribution in [2.45, 2.75) is 13.8 Å². The van der Waals surface area contributed by atoms with E-state index in [1.165, 1.54) is 16.7 Å². The maximum Gasteiger partial charge on any atom is 0.137 e. The van der Waals surface area contributed by atoms with Gasteiger partial charge in [0.1, 0.15) is 5.65 Å². The average molecular weight is 222 g/mol. The van der Waals surface area contributed by atoms with Gasteiger partial charge in [0, 0.05) is 11.8 Å². The molecular formula is C15H14N2. The topological polar surface area (TPSA) is 17.3 Å². The molecule has 0 radical (unpaired) electrons. The van der Waals surface area contributed by atoms with Crippen molar-refractivity contribution in [3.63, 3.8) is 0 Å². The zero-order valence-electron chi connectivity index (χ0n) is 10.0. The molecule has 0 atom stereocenters. The second kappa shape index (κ2) is 3.74. The van der Waals surface area contributed by atoms with Gasteiger partial charge in [-0.1, -0.05) is 29.8 Å². The van der Waals surface area contributed by atoms with Crippen molar-refractivity contribution < 1.29 is 0 Å². The van der Waals surface area contributed by atoms with Crippen molar-refractivity contribution in [1.29, 1.82) is 0 Å². The van der Waals surface area contributed by atoms with Crippen LogP contribution < -0.4 is 0 Å². The molecule has 0 N–H and O–H groups in total. The summed E-state index contributed by atoms with van der Waals surface area (Å²) in [7, 11) is 0. The van der Waals surface area contributed by atoms with Crippen LogP contribution >= 0.6 is 0 Å². The summed E-state index contributed by atoms with van der Waals surface area (Å²) in [5, 5.41) is 0. The van der Waals surface area contributed by atoms with E-state index >= 15 is 0 Å². The molecule has 2 heterocycles. The lowest BCUT2D eigenvalue weighted by Gasteiger charge is -2.03. The molecule has 17 heavy (non-hydrogen) atoms. The quantitative estimate of drug-likeness (QED) is 0.614. The molecule has 0 aliphatic carbocycles. The number of aromatic nitrogens is 2. The fourth-order valence-corrected chi connectivity index (χ4v) is 2.02. The lowest BCUT2D eigenvalue weighted by atomic mass is 10.1. The highest BCUT2D eigenvalue weighted by atomic mass is 15.0. The van der Waals surface area contributed by atoms with Gasteiger partial charge in [0.2, 0.25) is 0 Å². The molecule has 84 valence electrons. The smallest absolute Gasteiger partial charge is 0.137 e. The molecule has 3 aromatic rings. The molecule has 2 heteroatoms. The summed E-state index contributed by atoms with van der Waals surface area (Å²) < 4.78 is 2.12. The van der Waals surface area contributed by atoms with E-state index in [9.17, 15) is 0 Å². The number of aryl methyl sites for hydroxylation is 2. The summed E-state index contributed by atoms with van der Waals surface area (Å²) in [6.45, 7) is 4.18. The molecule has 0 saturated heterocycles. The minimum absolute atomic E-state index is 1.00. The van der Waals surface area contributed by atoms with Crippen molar-refractivity contribution >= 4 is 5.65 Å². The molecule has 0 amide bonds. The van der Waals surface area contributed by atoms with Gasteiger partial charge in [0.25, 0.3) is 0 Å². The van der Waals surface area contributed by atoms with Gasteiger partial charge in [-0.3, -0.25) is 4.40 Å². The standard InChI is InChI=1S/C15H14N2/c1-11-3-5-13(6-4-11)14-10-16-15-9-12(2)7-8-17(14)15/h3-10H,1-2H3. The van der Waals surface area contributed by atoms with E-state index in [-0.39, 0.29) is 0 Å². The first-order chi connectivity index (χ1) is 8.24. The second-order valence-corrected chi connectivity index (χ2v) is 4.44. The van der Waals surface area contributed by atoms with Crippen molar-refractivity contribution in [2.75, 3.05) is 0 Å². The Kier molecular flexibility index (Phi) is 2.22. The fourth-order valence-electron chi connectivity index (χ4n) is 2.02. The third-order valence-electron chi connectivity index (χ3n) is 3.02. The fraction of sp³-hybridized carbons (Fsp3) is 0.133. The van der Waals surface area contributed by atoms with Crippen LogP contribution in [0.3, 0.4) is 0 Å². The Morgan fingerprint density at radius 1 is 0.941 bits per heavy atom. The largest absolute Gasteiger partial charge is 0.300 e. The first-order valence-corrected chi connectivity index (χ1v) is 5.75. The Hall–Kier alpha value is -2.09. The number of benzene rings is 1. The summed E-state index contributed by atoms with van der Waals surface area (Å²) in [4.78, 5) is 4.44. The van der Waals surface area contributed by atoms with E-state index in [0.717, 1.165) is 11.3 Å². The van der Waals surface area contributed by atoms with Gasteiger partial charge in [0.15, 0.2) is 0 Å². The number of hydrogen-bond acceptors (Lipinski definition) is 1. The average Bonchev–Trinajstić information content (AvgIpc) is 2.73. The summed E-state index contributed by atoms with van der Waals surface area (Å²) in [5.41, 5.74) is 5.85. The maximum atomic E-state index is 4.44. The maximum absolute atomic E-state index is 4.44. The number of pyridine rings is 1. The van der Waals surface area contributed by atoms with E-state index in [2.05, 4.69) is 65.8 Å². The number of imidazole rings is 1. The lowest BCUT2D eigenvalue weighted by molar-refractivity contribution is 1.17. The first kappa shape index (κ1) is 10.1. The number of hydrogen-bond donors (Lipinski definition) is 0. The summed E-state index contributed by atoms with van der Waals surface area (Å²) in [6, 6.07) is 12.7. The Morgan fingerprint density at radius 2 is 1.71 bits per heavy atom. The predicted molar refractivity (Wildman–Crippen MR) is 70.1 cm³/mol. The molecular weight excluding hydrogens is 208 g/mol. The van der Waals surface area contributed by atoms with Gasteiger partial charge in [-0.05, 0) is 31.5 Å². The normalized spacial score (nSPS) is 10.9. The van der Waals surface area contributed by atoms with Crippen molar-refractivity contribution in [2.24, 2.45) is 0 Å². The molecule has 0 aliphatic rings. The molecule has 0 saturated carbocycles. The molecule has 0 unspecified atom stereocenters. The molecule has 0 aliphatic heterocycles. The van der Waals surface area contributed by atoms with Crippen LogP contribution in [-0.2, 0) is 0 Å². The second-order valence-electron chi connectivity index (χ2n) is 4.44. The van der Waals surface area contributed by atoms with Gasteiger partial charge in [0.05, 0.1) is 11.9 Å². The third kappa shape index (κ3) is 1.72. The van der Waals surface area contributed by atoms with Gasteiger partial charge in [-0.25, -0.2) is 4.98 Å². The molecule has 0 fully saturated rings. The van der Waals surface area contributed by atoms with Gasteiger partial charge in [-0.2, -0.15) is 0 Å². The highest BCUT2D eigenvalue weighted by Crippen LogP contribution is 2.21. The Morgan fingerprint density at radius 3 is 2.47 bits per heavy atom. The minimum Gasteiger partial charge on any atom is -0.300 e. The van der Waals surface area contributed by atoms with Crippen LogP contribution in [-0.4, -0.2) is 9.38 Å². The van der Waals surface area contributed by atoms with Crippen molar-refractivity contribution in [3.8, 4) is 11.3 Å². The van der Waals surface area contributed by atoms with E-state index in [0.29, 0.717) is 0 Å². The van der Waals surface area contributed by atoms with Crippen molar-refractivity contribution in [3.05, 3.63) is 59.9 Å². The van der Waals surface area contributed by atoms with Crippen LogP contribution in [0, 0.1) is 13.8 Å². The summed E-state index contributed by atoms with van der Waals surface area (Å²) >= 11 is 0. The Labute approximate surface area is 101 Å². The molecule has 0 bridgehead atoms. The third-order valence-corrected chi connectivity index (χ3v) is 3.02. The number of fused-ring (bicyclic) bond motifs is 1. The van der Waals surface area contributed by atoms with E-state index in [1.807, 2.05) is 6.20 Å². The summed E-state index contributed by atoms with van der Waals surface area (Å²) in [6.07, 6.45) is 4.01. The first-order valence-electron chi connectivity index (χ1n) is 5.75. The van der Waals surface area contributed by atoms with E-state index < -0.39 is 0 Å². The highest BCUT2D eigenvalue weighted by Gasteiger charge is 2.05. The van der Waals surface area contributed by atoms with Crippen LogP contribution in [0.15, 0.2) is 48.8 Å². The minimum atomic E-state index is 1.00. The number of nitrogens with zero attached hydrogens (tertiary/aromatic N) is 2. The molecule has 3 rings (SSSR count). The van der Waals surface area contributed by atoms with E-state index in [4.69, 9.17) is 0 Å². The molecule has 0 spiro atoms. The van der Waals surface area contributed by atoms with Gasteiger partial charge < -0.3 is 0 Å². The molecule has 2 aromatic heterocycles. The van der Waals surface area contributed by atoms with Crippen LogP contribution in [0.1, 0.15) is 11.1 Å². The molecule has 1 aromatic carbocycles. The van der Waals surface area contributed by atoms with Crippen LogP contribution in [0.2, 0.25) is 0 Å². The molecule has 2 nitrogen and oxygen atoms in total. The zero-order chi connectivity index (χ0) is 11.8. The van der Waals surface area contributed by atoms with Crippen LogP contribution in [0.25, 0.3) is 16.9 Å². The number of rotatable bonds is 1. The van der Waals surface area contributed by atoms with Gasteiger partial charge in [-0.15, -0.1) is 0 Å².